The van der Waals surface area contributed by atoms with Gasteiger partial charge in [-0.2, -0.15) is 0 Å². The number of thiocarbonyl (C=S) groups is 1. The molecule has 134 valence electrons. The molecule has 0 fully saturated rings. The summed E-state index contributed by atoms with van der Waals surface area (Å²) in [6.07, 6.45) is 0.0825. The molecular formula is C17H18Cl3N3OS. The first kappa shape index (κ1) is 20.0. The van der Waals surface area contributed by atoms with Crippen LogP contribution in [0, 0.1) is 0 Å². The number of rotatable bonds is 5. The van der Waals surface area contributed by atoms with Crippen molar-refractivity contribution in [2.75, 3.05) is 5.32 Å². The molecule has 1 atom stereocenters. The molecule has 0 aliphatic rings. The molecule has 0 aliphatic carbocycles. The third-order valence-corrected chi connectivity index (χ3v) is 4.27. The monoisotopic (exact) mass is 417 g/mol. The zero-order chi connectivity index (χ0) is 18.4. The lowest BCUT2D eigenvalue weighted by atomic mass is 10.1. The molecule has 0 radical (unpaired) electrons. The Morgan fingerprint density at radius 2 is 1.80 bits per heavy atom. The molecule has 2 aromatic carbocycles. The van der Waals surface area contributed by atoms with Gasteiger partial charge >= 0.3 is 0 Å². The van der Waals surface area contributed by atoms with Gasteiger partial charge in [-0.3, -0.25) is 4.79 Å². The fraction of sp³-hybridized carbons (Fsp3) is 0.294. The SMILES string of the molecule is CCCC(=O)N[C@H](NC(=S)Nc1ccc2ccccc2c1)C(Cl)(Cl)Cl. The minimum absolute atomic E-state index is 0.222. The number of fused-ring (bicyclic) bond motifs is 1. The summed E-state index contributed by atoms with van der Waals surface area (Å²) in [6.45, 7) is 1.89. The third-order valence-electron chi connectivity index (χ3n) is 3.39. The van der Waals surface area contributed by atoms with Gasteiger partial charge in [0.25, 0.3) is 0 Å². The number of alkyl halides is 3. The van der Waals surface area contributed by atoms with Gasteiger partial charge in [-0.15, -0.1) is 0 Å². The van der Waals surface area contributed by atoms with Gasteiger partial charge in [-0.05, 0) is 41.5 Å². The number of anilines is 1. The number of amides is 1. The van der Waals surface area contributed by atoms with Crippen molar-refractivity contribution in [2.24, 2.45) is 0 Å². The molecule has 2 rings (SSSR count). The zero-order valence-electron chi connectivity index (χ0n) is 13.5. The first-order valence-corrected chi connectivity index (χ1v) is 9.26. The average molecular weight is 419 g/mol. The molecule has 0 aliphatic heterocycles. The highest BCUT2D eigenvalue weighted by Gasteiger charge is 2.34. The first-order chi connectivity index (χ1) is 11.8. The van der Waals surface area contributed by atoms with Crippen LogP contribution in [0.15, 0.2) is 42.5 Å². The number of nitrogens with one attached hydrogen (secondary N) is 3. The maximum atomic E-state index is 11.8. The second kappa shape index (κ2) is 8.90. The molecule has 1 amide bonds. The van der Waals surface area contributed by atoms with Crippen LogP contribution in [0.2, 0.25) is 0 Å². The van der Waals surface area contributed by atoms with Gasteiger partial charge < -0.3 is 16.0 Å². The van der Waals surface area contributed by atoms with Crippen molar-refractivity contribution in [1.29, 1.82) is 0 Å². The highest BCUT2D eigenvalue weighted by Crippen LogP contribution is 2.29. The molecule has 0 bridgehead atoms. The Hall–Kier alpha value is -1.27. The number of halogens is 3. The van der Waals surface area contributed by atoms with Crippen molar-refractivity contribution in [3.8, 4) is 0 Å². The molecule has 0 spiro atoms. The Bertz CT molecular complexity index is 764. The summed E-state index contributed by atoms with van der Waals surface area (Å²) in [5.41, 5.74) is 0.791. The summed E-state index contributed by atoms with van der Waals surface area (Å²) in [7, 11) is 0. The van der Waals surface area contributed by atoms with Crippen LogP contribution in [-0.2, 0) is 4.79 Å². The van der Waals surface area contributed by atoms with E-state index in [4.69, 9.17) is 47.0 Å². The Labute approximate surface area is 167 Å². The first-order valence-electron chi connectivity index (χ1n) is 7.72. The summed E-state index contributed by atoms with van der Waals surface area (Å²) in [6, 6.07) is 13.8. The Balaban J connectivity index is 2.05. The van der Waals surface area contributed by atoms with Crippen molar-refractivity contribution in [1.82, 2.24) is 10.6 Å². The van der Waals surface area contributed by atoms with Crippen LogP contribution in [0.1, 0.15) is 19.8 Å². The summed E-state index contributed by atoms with van der Waals surface area (Å²) in [5, 5.41) is 10.9. The van der Waals surface area contributed by atoms with Crippen LogP contribution in [0.4, 0.5) is 5.69 Å². The lowest BCUT2D eigenvalue weighted by molar-refractivity contribution is -0.121. The number of hydrogen-bond acceptors (Lipinski definition) is 2. The molecule has 3 N–H and O–H groups in total. The largest absolute Gasteiger partial charge is 0.339 e. The van der Waals surface area contributed by atoms with Crippen LogP contribution in [0.5, 0.6) is 0 Å². The van der Waals surface area contributed by atoms with Crippen molar-refractivity contribution >= 4 is 74.5 Å². The van der Waals surface area contributed by atoms with E-state index in [1.54, 1.807) is 0 Å². The highest BCUT2D eigenvalue weighted by atomic mass is 35.6. The molecule has 4 nitrogen and oxygen atoms in total. The second-order valence-corrected chi connectivity index (χ2v) is 8.23. The predicted molar refractivity (Wildman–Crippen MR) is 110 cm³/mol. The zero-order valence-corrected chi connectivity index (χ0v) is 16.6. The Morgan fingerprint density at radius 3 is 2.44 bits per heavy atom. The van der Waals surface area contributed by atoms with Crippen molar-refractivity contribution in [3.63, 3.8) is 0 Å². The van der Waals surface area contributed by atoms with Gasteiger partial charge in [0, 0.05) is 12.1 Å². The molecule has 0 aromatic heterocycles. The van der Waals surface area contributed by atoms with Crippen molar-refractivity contribution in [3.05, 3.63) is 42.5 Å². The van der Waals surface area contributed by atoms with E-state index in [-0.39, 0.29) is 11.0 Å². The minimum Gasteiger partial charge on any atom is -0.339 e. The van der Waals surface area contributed by atoms with E-state index in [9.17, 15) is 4.79 Å². The molecule has 8 heteroatoms. The number of carbonyl (C=O) groups excluding carboxylic acids is 1. The van der Waals surface area contributed by atoms with E-state index in [1.165, 1.54) is 0 Å². The van der Waals surface area contributed by atoms with Crippen molar-refractivity contribution < 1.29 is 4.79 Å². The van der Waals surface area contributed by atoms with Gasteiger partial charge in [-0.1, -0.05) is 72.1 Å². The standard InChI is InChI=1S/C17H18Cl3N3OS/c1-2-5-14(24)22-15(17(18,19)20)23-16(25)21-13-9-8-11-6-3-4-7-12(11)10-13/h3-4,6-10,15H,2,5H2,1H3,(H,22,24)(H2,21,23,25)/t15-/m1/s1. The molecular weight excluding hydrogens is 401 g/mol. The van der Waals surface area contributed by atoms with E-state index in [0.29, 0.717) is 12.8 Å². The topological polar surface area (TPSA) is 53.2 Å². The third kappa shape index (κ3) is 6.19. The molecule has 0 saturated carbocycles. The smallest absolute Gasteiger partial charge is 0.228 e. The van der Waals surface area contributed by atoms with E-state index >= 15 is 0 Å². The second-order valence-electron chi connectivity index (χ2n) is 5.45. The Morgan fingerprint density at radius 1 is 1.12 bits per heavy atom. The Kier molecular flexibility index (Phi) is 7.14. The summed E-state index contributed by atoms with van der Waals surface area (Å²) in [4.78, 5) is 11.8. The number of carbonyl (C=O) groups is 1. The summed E-state index contributed by atoms with van der Waals surface area (Å²) < 4.78 is -1.75. The summed E-state index contributed by atoms with van der Waals surface area (Å²) in [5.74, 6) is -0.222. The molecule has 0 saturated heterocycles. The summed E-state index contributed by atoms with van der Waals surface area (Å²) >= 11 is 23.1. The predicted octanol–water partition coefficient (Wildman–Crippen LogP) is 4.74. The van der Waals surface area contributed by atoms with Crippen LogP contribution in [0.3, 0.4) is 0 Å². The fourth-order valence-corrected chi connectivity index (χ4v) is 2.79. The fourth-order valence-electron chi connectivity index (χ4n) is 2.23. The van der Waals surface area contributed by atoms with Crippen molar-refractivity contribution in [2.45, 2.75) is 29.7 Å². The molecule has 25 heavy (non-hydrogen) atoms. The normalized spacial score (nSPS) is 12.5. The lowest BCUT2D eigenvalue weighted by Crippen LogP contribution is -2.56. The van der Waals surface area contributed by atoms with Crippen LogP contribution >= 0.6 is 47.0 Å². The highest BCUT2D eigenvalue weighted by molar-refractivity contribution is 7.80. The number of benzene rings is 2. The van der Waals surface area contributed by atoms with Gasteiger partial charge in [-0.25, -0.2) is 0 Å². The number of hydrogen-bond donors (Lipinski definition) is 3. The van der Waals surface area contributed by atoms with Crippen LogP contribution in [0.25, 0.3) is 10.8 Å². The van der Waals surface area contributed by atoms with Crippen LogP contribution < -0.4 is 16.0 Å². The lowest BCUT2D eigenvalue weighted by Gasteiger charge is -2.27. The van der Waals surface area contributed by atoms with E-state index in [0.717, 1.165) is 16.5 Å². The molecule has 0 heterocycles. The van der Waals surface area contributed by atoms with E-state index in [1.807, 2.05) is 49.4 Å². The molecule has 0 unspecified atom stereocenters. The van der Waals surface area contributed by atoms with Gasteiger partial charge in [0.2, 0.25) is 9.70 Å². The minimum atomic E-state index is -1.75. The maximum Gasteiger partial charge on any atom is 0.228 e. The average Bonchev–Trinajstić information content (AvgIpc) is 2.53. The van der Waals surface area contributed by atoms with E-state index < -0.39 is 9.96 Å². The van der Waals surface area contributed by atoms with Gasteiger partial charge in [0.05, 0.1) is 0 Å². The van der Waals surface area contributed by atoms with Gasteiger partial charge in [0.15, 0.2) is 5.11 Å². The van der Waals surface area contributed by atoms with Gasteiger partial charge in [0.1, 0.15) is 6.17 Å². The maximum absolute atomic E-state index is 11.8. The van der Waals surface area contributed by atoms with E-state index in [2.05, 4.69) is 16.0 Å². The van der Waals surface area contributed by atoms with Crippen LogP contribution in [-0.4, -0.2) is 21.0 Å². The quantitative estimate of drug-likeness (QED) is 0.373. The molecule has 2 aromatic rings.